The predicted octanol–water partition coefficient (Wildman–Crippen LogP) is 2.20. The van der Waals surface area contributed by atoms with Crippen molar-refractivity contribution in [3.05, 3.63) is 12.2 Å². The first kappa shape index (κ1) is 20.9. The van der Waals surface area contributed by atoms with Gasteiger partial charge in [-0.2, -0.15) is 0 Å². The third kappa shape index (κ3) is 9.55. The van der Waals surface area contributed by atoms with E-state index in [4.69, 9.17) is 4.74 Å². The molecule has 1 N–H and O–H groups in total. The Morgan fingerprint density at radius 1 is 1.00 bits per heavy atom. The molecule has 0 fully saturated rings. The molecule has 0 aromatic carbocycles. The fourth-order valence-electron chi connectivity index (χ4n) is 1.64. The van der Waals surface area contributed by atoms with E-state index in [1.165, 1.54) is 14.2 Å². The zero-order valence-corrected chi connectivity index (χ0v) is 14.7. The molecule has 1 amide bonds. The maximum atomic E-state index is 11.7. The molecule has 0 aromatic rings. The van der Waals surface area contributed by atoms with Gasteiger partial charge in [0.2, 0.25) is 0 Å². The van der Waals surface area contributed by atoms with Gasteiger partial charge in [-0.25, -0.2) is 9.59 Å². The first-order chi connectivity index (χ1) is 10.6. The van der Waals surface area contributed by atoms with Crippen LogP contribution in [-0.2, 0) is 23.8 Å². The van der Waals surface area contributed by atoms with Crippen LogP contribution in [0.2, 0.25) is 0 Å². The lowest BCUT2D eigenvalue weighted by Crippen LogP contribution is -2.43. The summed E-state index contributed by atoms with van der Waals surface area (Å²) in [5, 5.41) is 2.47. The number of rotatable bonds is 7. The molecule has 0 spiro atoms. The highest BCUT2D eigenvalue weighted by Crippen LogP contribution is 2.09. The summed E-state index contributed by atoms with van der Waals surface area (Å²) in [5.41, 5.74) is -0.656. The fraction of sp³-hybridized carbons (Fsp3) is 0.688. The minimum Gasteiger partial charge on any atom is -0.469 e. The first-order valence-corrected chi connectivity index (χ1v) is 7.41. The summed E-state index contributed by atoms with van der Waals surface area (Å²) in [6.07, 6.45) is 3.49. The molecule has 0 unspecified atom stereocenters. The maximum absolute atomic E-state index is 11.7. The van der Waals surface area contributed by atoms with E-state index in [9.17, 15) is 14.4 Å². The van der Waals surface area contributed by atoms with Crippen LogP contribution in [0.1, 0.15) is 40.5 Å². The van der Waals surface area contributed by atoms with Crippen LogP contribution in [-0.4, -0.2) is 43.9 Å². The zero-order valence-electron chi connectivity index (χ0n) is 14.7. The quantitative estimate of drug-likeness (QED) is 0.437. The number of esters is 2. The van der Waals surface area contributed by atoms with Crippen LogP contribution in [0.3, 0.4) is 0 Å². The van der Waals surface area contributed by atoms with E-state index in [0.717, 1.165) is 0 Å². The number of carbonyl (C=O) groups is 3. The van der Waals surface area contributed by atoms with Gasteiger partial charge in [0, 0.05) is 0 Å². The molecule has 0 bridgehead atoms. The smallest absolute Gasteiger partial charge is 0.408 e. The zero-order chi connectivity index (χ0) is 18.0. The van der Waals surface area contributed by atoms with Crippen LogP contribution < -0.4 is 5.32 Å². The average molecular weight is 329 g/mol. The minimum atomic E-state index is -0.848. The van der Waals surface area contributed by atoms with Crippen molar-refractivity contribution < 1.29 is 28.6 Å². The lowest BCUT2D eigenvalue weighted by atomic mass is 10.1. The molecule has 132 valence electrons. The first-order valence-electron chi connectivity index (χ1n) is 7.41. The predicted molar refractivity (Wildman–Crippen MR) is 84.7 cm³/mol. The number of ether oxygens (including phenoxy) is 3. The molecular formula is C16H27NO6. The van der Waals surface area contributed by atoms with Gasteiger partial charge in [0.05, 0.1) is 20.1 Å². The second kappa shape index (κ2) is 9.86. The topological polar surface area (TPSA) is 90.9 Å². The van der Waals surface area contributed by atoms with E-state index < -0.39 is 23.7 Å². The number of nitrogens with one attached hydrogen (secondary N) is 1. The molecule has 7 heteroatoms. The average Bonchev–Trinajstić information content (AvgIpc) is 2.46. The monoisotopic (exact) mass is 329 g/mol. The van der Waals surface area contributed by atoms with Crippen molar-refractivity contribution in [3.8, 4) is 0 Å². The maximum Gasteiger partial charge on any atom is 0.408 e. The Kier molecular flexibility index (Phi) is 8.98. The fourth-order valence-corrected chi connectivity index (χ4v) is 1.64. The Morgan fingerprint density at radius 3 is 2.00 bits per heavy atom. The van der Waals surface area contributed by atoms with E-state index in [1.54, 1.807) is 39.8 Å². The number of carbonyl (C=O) groups excluding carboxylic acids is 3. The third-order valence-corrected chi connectivity index (χ3v) is 2.81. The number of hydrogen-bond acceptors (Lipinski definition) is 6. The van der Waals surface area contributed by atoms with Crippen LogP contribution in [0.4, 0.5) is 4.79 Å². The van der Waals surface area contributed by atoms with Crippen molar-refractivity contribution in [2.75, 3.05) is 14.2 Å². The molecule has 0 saturated heterocycles. The molecule has 7 nitrogen and oxygen atoms in total. The SMILES string of the molecule is COC(=O)[C@H](C/C=C/C[C@H](C)C(=O)OC)NC(=O)OC(C)(C)C. The lowest BCUT2D eigenvalue weighted by molar-refractivity contribution is -0.145. The number of methoxy groups -OCH3 is 2. The van der Waals surface area contributed by atoms with Crippen molar-refractivity contribution in [1.29, 1.82) is 0 Å². The molecule has 2 atom stereocenters. The van der Waals surface area contributed by atoms with Crippen molar-refractivity contribution >= 4 is 18.0 Å². The van der Waals surface area contributed by atoms with Gasteiger partial charge in [0.25, 0.3) is 0 Å². The molecule has 0 aliphatic heterocycles. The molecule has 0 rings (SSSR count). The van der Waals surface area contributed by atoms with E-state index >= 15 is 0 Å². The normalized spacial score (nSPS) is 14.0. The highest BCUT2D eigenvalue weighted by atomic mass is 16.6. The van der Waals surface area contributed by atoms with Crippen LogP contribution in [0.5, 0.6) is 0 Å². The Bertz CT molecular complexity index is 438. The summed E-state index contributed by atoms with van der Waals surface area (Å²) in [6.45, 7) is 6.93. The molecule has 0 heterocycles. The Balaban J connectivity index is 4.55. The summed E-state index contributed by atoms with van der Waals surface area (Å²) in [7, 11) is 2.58. The van der Waals surface area contributed by atoms with Gasteiger partial charge in [-0.1, -0.05) is 19.1 Å². The van der Waals surface area contributed by atoms with Crippen molar-refractivity contribution in [3.63, 3.8) is 0 Å². The minimum absolute atomic E-state index is 0.236. The highest BCUT2D eigenvalue weighted by molar-refractivity contribution is 5.81. The van der Waals surface area contributed by atoms with Gasteiger partial charge < -0.3 is 19.5 Å². The molecule has 0 aliphatic carbocycles. The second-order valence-corrected chi connectivity index (χ2v) is 6.09. The van der Waals surface area contributed by atoms with Crippen LogP contribution >= 0.6 is 0 Å². The van der Waals surface area contributed by atoms with Gasteiger partial charge in [-0.05, 0) is 33.6 Å². The molecule has 0 aliphatic rings. The van der Waals surface area contributed by atoms with Gasteiger partial charge in [-0.3, -0.25) is 4.79 Å². The second-order valence-electron chi connectivity index (χ2n) is 6.09. The molecule has 0 aromatic heterocycles. The Morgan fingerprint density at radius 2 is 1.52 bits per heavy atom. The third-order valence-electron chi connectivity index (χ3n) is 2.81. The van der Waals surface area contributed by atoms with Crippen molar-refractivity contribution in [2.24, 2.45) is 5.92 Å². The van der Waals surface area contributed by atoms with Gasteiger partial charge >= 0.3 is 18.0 Å². The summed E-state index contributed by atoms with van der Waals surface area (Å²) in [6, 6.07) is -0.848. The summed E-state index contributed by atoms with van der Waals surface area (Å²) >= 11 is 0. The van der Waals surface area contributed by atoms with E-state index in [0.29, 0.717) is 6.42 Å². The van der Waals surface area contributed by atoms with Crippen molar-refractivity contribution in [1.82, 2.24) is 5.32 Å². The molecule has 0 saturated carbocycles. The largest absolute Gasteiger partial charge is 0.469 e. The van der Waals surface area contributed by atoms with Crippen LogP contribution in [0, 0.1) is 5.92 Å². The Labute approximate surface area is 137 Å². The van der Waals surface area contributed by atoms with Crippen LogP contribution in [0.15, 0.2) is 12.2 Å². The number of amides is 1. The summed E-state index contributed by atoms with van der Waals surface area (Å²) < 4.78 is 14.4. The molecule has 0 radical (unpaired) electrons. The highest BCUT2D eigenvalue weighted by Gasteiger charge is 2.24. The number of alkyl carbamates (subject to hydrolysis) is 1. The Hall–Kier alpha value is -2.05. The molecule has 23 heavy (non-hydrogen) atoms. The van der Waals surface area contributed by atoms with Gasteiger partial charge in [-0.15, -0.1) is 0 Å². The van der Waals surface area contributed by atoms with E-state index in [1.807, 2.05) is 0 Å². The van der Waals surface area contributed by atoms with E-state index in [2.05, 4.69) is 14.8 Å². The van der Waals surface area contributed by atoms with Crippen LogP contribution in [0.25, 0.3) is 0 Å². The summed E-state index contributed by atoms with van der Waals surface area (Å²) in [4.78, 5) is 34.7. The number of hydrogen-bond donors (Lipinski definition) is 1. The molecular weight excluding hydrogens is 302 g/mol. The lowest BCUT2D eigenvalue weighted by Gasteiger charge is -2.22. The summed E-state index contributed by atoms with van der Waals surface area (Å²) in [5.74, 6) is -1.14. The van der Waals surface area contributed by atoms with Crippen molar-refractivity contribution in [2.45, 2.75) is 52.2 Å². The van der Waals surface area contributed by atoms with Gasteiger partial charge in [0.15, 0.2) is 0 Å². The number of allylic oxidation sites excluding steroid dienone is 1. The van der Waals surface area contributed by atoms with Gasteiger partial charge in [0.1, 0.15) is 11.6 Å². The standard InChI is InChI=1S/C16H27NO6/c1-11(13(18)21-5)9-7-8-10-12(14(19)22-6)17-15(20)23-16(2,3)4/h7-8,11-12H,9-10H2,1-6H3,(H,17,20)/b8-7+/t11-,12-/m0/s1. The van der Waals surface area contributed by atoms with E-state index in [-0.39, 0.29) is 18.3 Å².